The van der Waals surface area contributed by atoms with Gasteiger partial charge in [-0.3, -0.25) is 19.1 Å². The molecule has 32 heavy (non-hydrogen) atoms. The number of aliphatic imine (C=N–C) groups is 1. The lowest BCUT2D eigenvalue weighted by atomic mass is 10.3. The summed E-state index contributed by atoms with van der Waals surface area (Å²) in [5, 5.41) is 11.9. The van der Waals surface area contributed by atoms with E-state index >= 15 is 0 Å². The van der Waals surface area contributed by atoms with Crippen LogP contribution in [0.15, 0.2) is 29.4 Å². The molecule has 2 aliphatic rings. The molecule has 2 fully saturated rings. The van der Waals surface area contributed by atoms with Crippen molar-refractivity contribution in [1.82, 2.24) is 34.6 Å². The molecule has 2 aromatic rings. The molecule has 0 atom stereocenters. The van der Waals surface area contributed by atoms with E-state index in [-0.39, 0.29) is 29.9 Å². The molecule has 0 aliphatic carbocycles. The largest absolute Gasteiger partial charge is 0.357 e. The van der Waals surface area contributed by atoms with Gasteiger partial charge in [-0.05, 0) is 38.3 Å². The molecule has 0 spiro atoms. The zero-order valence-electron chi connectivity index (χ0n) is 18.9. The van der Waals surface area contributed by atoms with Crippen molar-refractivity contribution in [2.45, 2.75) is 32.6 Å². The van der Waals surface area contributed by atoms with Crippen LogP contribution in [0.25, 0.3) is 5.65 Å². The zero-order chi connectivity index (χ0) is 21.5. The minimum Gasteiger partial charge on any atom is -0.357 e. The number of nitrogens with one attached hydrogen (secondary N) is 1. The van der Waals surface area contributed by atoms with Crippen LogP contribution in [0.4, 0.5) is 0 Å². The Morgan fingerprint density at radius 3 is 2.59 bits per heavy atom. The number of hydrogen-bond donors (Lipinski definition) is 1. The second-order valence-electron chi connectivity index (χ2n) is 8.24. The highest BCUT2D eigenvalue weighted by atomic mass is 127. The van der Waals surface area contributed by atoms with Gasteiger partial charge in [0.15, 0.2) is 11.6 Å². The van der Waals surface area contributed by atoms with Crippen LogP contribution >= 0.6 is 24.0 Å². The average molecular weight is 554 g/mol. The Kier molecular flexibility index (Phi) is 9.51. The number of carbonyl (C=O) groups is 1. The van der Waals surface area contributed by atoms with Gasteiger partial charge in [-0.2, -0.15) is 0 Å². The molecule has 4 heterocycles. The first-order valence-corrected chi connectivity index (χ1v) is 11.6. The molecule has 0 radical (unpaired) electrons. The number of amides is 1. The smallest absolute Gasteiger partial charge is 0.236 e. The van der Waals surface area contributed by atoms with Crippen molar-refractivity contribution in [1.29, 1.82) is 0 Å². The van der Waals surface area contributed by atoms with Crippen LogP contribution in [0.3, 0.4) is 0 Å². The fourth-order valence-corrected chi connectivity index (χ4v) is 4.28. The van der Waals surface area contributed by atoms with Gasteiger partial charge in [-0.15, -0.1) is 34.2 Å². The maximum Gasteiger partial charge on any atom is 0.236 e. The highest BCUT2D eigenvalue weighted by Crippen LogP contribution is 2.10. The molecule has 2 saturated heterocycles. The number of guanidine groups is 1. The van der Waals surface area contributed by atoms with Crippen molar-refractivity contribution in [2.75, 3.05) is 58.9 Å². The van der Waals surface area contributed by atoms with Crippen LogP contribution in [0.2, 0.25) is 0 Å². The molecule has 0 aromatic carbocycles. The summed E-state index contributed by atoms with van der Waals surface area (Å²) >= 11 is 0. The van der Waals surface area contributed by atoms with Gasteiger partial charge >= 0.3 is 0 Å². The number of aromatic nitrogens is 3. The van der Waals surface area contributed by atoms with E-state index in [1.165, 1.54) is 0 Å². The Morgan fingerprint density at radius 2 is 1.84 bits per heavy atom. The number of rotatable bonds is 7. The molecule has 2 aliphatic heterocycles. The van der Waals surface area contributed by atoms with Gasteiger partial charge < -0.3 is 15.1 Å². The van der Waals surface area contributed by atoms with Crippen LogP contribution in [0, 0.1) is 0 Å². The lowest BCUT2D eigenvalue weighted by Crippen LogP contribution is -2.54. The first kappa shape index (κ1) is 24.7. The summed E-state index contributed by atoms with van der Waals surface area (Å²) in [4.78, 5) is 23.9. The summed E-state index contributed by atoms with van der Waals surface area (Å²) in [6.45, 7) is 9.70. The van der Waals surface area contributed by atoms with E-state index < -0.39 is 0 Å². The molecular formula is C22H35IN8O. The van der Waals surface area contributed by atoms with E-state index in [0.29, 0.717) is 6.54 Å². The first-order chi connectivity index (χ1) is 15.2. The van der Waals surface area contributed by atoms with E-state index in [4.69, 9.17) is 4.99 Å². The summed E-state index contributed by atoms with van der Waals surface area (Å²) in [5.74, 6) is 2.23. The van der Waals surface area contributed by atoms with Crippen molar-refractivity contribution in [3.63, 3.8) is 0 Å². The molecule has 1 amide bonds. The molecule has 0 saturated carbocycles. The Morgan fingerprint density at radius 1 is 1.06 bits per heavy atom. The SMILES string of the molecule is CCNC(=NCCCc1nnc2ccccn12)N1CCN(CC(=O)N2CCCC2)CC1.I. The maximum atomic E-state index is 12.4. The van der Waals surface area contributed by atoms with E-state index in [9.17, 15) is 4.79 Å². The quantitative estimate of drug-likeness (QED) is 0.242. The predicted molar refractivity (Wildman–Crippen MR) is 137 cm³/mol. The third-order valence-corrected chi connectivity index (χ3v) is 6.03. The fraction of sp³-hybridized carbons (Fsp3) is 0.636. The fourth-order valence-electron chi connectivity index (χ4n) is 4.28. The molecule has 0 bridgehead atoms. The first-order valence-electron chi connectivity index (χ1n) is 11.6. The topological polar surface area (TPSA) is 81.4 Å². The van der Waals surface area contributed by atoms with E-state index in [1.807, 2.05) is 33.7 Å². The normalized spacial score (nSPS) is 17.6. The Bertz CT molecular complexity index is 887. The summed E-state index contributed by atoms with van der Waals surface area (Å²) in [5.41, 5.74) is 0.885. The standard InChI is InChI=1S/C22H34N8O.HI/c1-2-23-22(24-10-7-9-20-26-25-19-8-3-4-13-30(19)20)29-16-14-27(15-17-29)18-21(31)28-11-5-6-12-28;/h3-4,8,13H,2,5-7,9-12,14-18H2,1H3,(H,23,24);1H. The molecule has 9 nitrogen and oxygen atoms in total. The van der Waals surface area contributed by atoms with Crippen LogP contribution in [-0.2, 0) is 11.2 Å². The Hall–Kier alpha value is -1.95. The minimum atomic E-state index is 0. The summed E-state index contributed by atoms with van der Waals surface area (Å²) in [7, 11) is 0. The highest BCUT2D eigenvalue weighted by molar-refractivity contribution is 14.0. The Labute approximate surface area is 207 Å². The molecule has 0 unspecified atom stereocenters. The van der Waals surface area contributed by atoms with Crippen molar-refractivity contribution in [2.24, 2.45) is 4.99 Å². The number of aryl methyl sites for hydroxylation is 1. The average Bonchev–Trinajstić information content (AvgIpc) is 3.47. The number of nitrogens with zero attached hydrogens (tertiary/aromatic N) is 7. The van der Waals surface area contributed by atoms with Crippen molar-refractivity contribution in [3.05, 3.63) is 30.2 Å². The van der Waals surface area contributed by atoms with Gasteiger partial charge in [0, 0.05) is 65.0 Å². The van der Waals surface area contributed by atoms with Gasteiger partial charge in [-0.25, -0.2) is 0 Å². The van der Waals surface area contributed by atoms with Gasteiger partial charge in [0.2, 0.25) is 5.91 Å². The van der Waals surface area contributed by atoms with Crippen molar-refractivity contribution in [3.8, 4) is 0 Å². The number of piperazine rings is 1. The predicted octanol–water partition coefficient (Wildman–Crippen LogP) is 1.49. The van der Waals surface area contributed by atoms with Crippen molar-refractivity contribution < 1.29 is 4.79 Å². The van der Waals surface area contributed by atoms with Gasteiger partial charge in [0.25, 0.3) is 0 Å². The number of carbonyl (C=O) groups excluding carboxylic acids is 1. The zero-order valence-corrected chi connectivity index (χ0v) is 21.3. The summed E-state index contributed by atoms with van der Waals surface area (Å²) in [6, 6.07) is 5.94. The molecule has 176 valence electrons. The van der Waals surface area contributed by atoms with Crippen molar-refractivity contribution >= 4 is 41.5 Å². The highest BCUT2D eigenvalue weighted by Gasteiger charge is 2.24. The molecule has 4 rings (SSSR count). The number of pyridine rings is 1. The number of likely N-dealkylation sites (tertiary alicyclic amines) is 1. The van der Waals surface area contributed by atoms with Gasteiger partial charge in [-0.1, -0.05) is 6.07 Å². The third-order valence-electron chi connectivity index (χ3n) is 6.03. The van der Waals surface area contributed by atoms with Gasteiger partial charge in [0.05, 0.1) is 6.54 Å². The van der Waals surface area contributed by atoms with Crippen LogP contribution in [0.5, 0.6) is 0 Å². The van der Waals surface area contributed by atoms with E-state index in [1.54, 1.807) is 0 Å². The van der Waals surface area contributed by atoms with E-state index in [0.717, 1.165) is 95.5 Å². The lowest BCUT2D eigenvalue weighted by molar-refractivity contribution is -0.131. The monoisotopic (exact) mass is 554 g/mol. The maximum absolute atomic E-state index is 12.4. The van der Waals surface area contributed by atoms with Gasteiger partial charge in [0.1, 0.15) is 5.82 Å². The summed E-state index contributed by atoms with van der Waals surface area (Å²) < 4.78 is 2.04. The summed E-state index contributed by atoms with van der Waals surface area (Å²) in [6.07, 6.45) is 6.08. The third kappa shape index (κ3) is 6.31. The number of halogens is 1. The molecule has 10 heteroatoms. The van der Waals surface area contributed by atoms with E-state index in [2.05, 4.69) is 32.2 Å². The van der Waals surface area contributed by atoms with Crippen LogP contribution < -0.4 is 5.32 Å². The Balaban J connectivity index is 0.00000289. The van der Waals surface area contributed by atoms with Crippen LogP contribution in [-0.4, -0.2) is 100 Å². The molecular weight excluding hydrogens is 519 g/mol. The second kappa shape index (κ2) is 12.3. The second-order valence-corrected chi connectivity index (χ2v) is 8.24. The minimum absolute atomic E-state index is 0. The molecule has 1 N–H and O–H groups in total. The number of hydrogen-bond acceptors (Lipinski definition) is 5. The molecule has 2 aromatic heterocycles. The van der Waals surface area contributed by atoms with Crippen LogP contribution in [0.1, 0.15) is 32.0 Å². The number of fused-ring (bicyclic) bond motifs is 1. The lowest BCUT2D eigenvalue weighted by Gasteiger charge is -2.36.